The number of halogens is 1. The van der Waals surface area contributed by atoms with Gasteiger partial charge in [0.1, 0.15) is 11.4 Å². The number of nitrogens with zero attached hydrogens (tertiary/aromatic N) is 2. The molecule has 4 heteroatoms. The Morgan fingerprint density at radius 3 is 2.82 bits per heavy atom. The fourth-order valence-electron chi connectivity index (χ4n) is 1.47. The number of benzene rings is 1. The van der Waals surface area contributed by atoms with Crippen LogP contribution in [-0.4, -0.2) is 16.6 Å². The molecule has 0 aliphatic rings. The number of rotatable bonds is 4. The van der Waals surface area contributed by atoms with E-state index in [1.807, 2.05) is 24.3 Å². The molecular weight excluding hydrogens is 236 g/mol. The van der Waals surface area contributed by atoms with Gasteiger partial charge >= 0.3 is 0 Å². The first-order valence-electron chi connectivity index (χ1n) is 5.51. The first-order chi connectivity index (χ1) is 8.31. The molecule has 88 valence electrons. The molecule has 0 unspecified atom stereocenters. The largest absolute Gasteiger partial charge is 0.494 e. The van der Waals surface area contributed by atoms with Crippen molar-refractivity contribution in [2.75, 3.05) is 6.61 Å². The van der Waals surface area contributed by atoms with E-state index >= 15 is 0 Å². The van der Waals surface area contributed by atoms with Gasteiger partial charge in [0.2, 0.25) is 0 Å². The highest BCUT2D eigenvalue weighted by Gasteiger charge is 2.06. The van der Waals surface area contributed by atoms with Crippen molar-refractivity contribution in [1.82, 2.24) is 9.97 Å². The second-order valence-electron chi connectivity index (χ2n) is 3.57. The number of hydrogen-bond acceptors (Lipinski definition) is 3. The Hall–Kier alpha value is -1.61. The first kappa shape index (κ1) is 11.9. The maximum absolute atomic E-state index is 6.00. The minimum Gasteiger partial charge on any atom is -0.494 e. The van der Waals surface area contributed by atoms with E-state index < -0.39 is 0 Å². The van der Waals surface area contributed by atoms with Crippen LogP contribution in [0, 0.1) is 0 Å². The smallest absolute Gasteiger partial charge is 0.155 e. The van der Waals surface area contributed by atoms with Gasteiger partial charge in [0.05, 0.1) is 6.61 Å². The molecule has 0 N–H and O–H groups in total. The van der Waals surface area contributed by atoms with Crippen LogP contribution in [0.25, 0.3) is 11.3 Å². The van der Waals surface area contributed by atoms with Crippen LogP contribution in [0.3, 0.4) is 0 Å². The lowest BCUT2D eigenvalue weighted by molar-refractivity contribution is 0.317. The highest BCUT2D eigenvalue weighted by Crippen LogP contribution is 2.26. The van der Waals surface area contributed by atoms with Crippen LogP contribution in [0.15, 0.2) is 36.7 Å². The minimum atomic E-state index is 0.403. The second-order valence-corrected chi connectivity index (χ2v) is 3.93. The first-order valence-corrected chi connectivity index (χ1v) is 5.89. The van der Waals surface area contributed by atoms with Crippen molar-refractivity contribution >= 4 is 11.6 Å². The molecule has 0 fully saturated rings. The lowest BCUT2D eigenvalue weighted by Crippen LogP contribution is -1.95. The normalized spacial score (nSPS) is 10.2. The molecular formula is C13H13ClN2O. The van der Waals surface area contributed by atoms with Gasteiger partial charge in [-0.3, -0.25) is 4.98 Å². The summed E-state index contributed by atoms with van der Waals surface area (Å²) in [6.07, 6.45) is 4.18. The summed E-state index contributed by atoms with van der Waals surface area (Å²) in [6, 6.07) is 7.70. The summed E-state index contributed by atoms with van der Waals surface area (Å²) in [5.74, 6) is 0.825. The van der Waals surface area contributed by atoms with Gasteiger partial charge < -0.3 is 4.74 Å². The lowest BCUT2D eigenvalue weighted by atomic mass is 10.1. The van der Waals surface area contributed by atoms with Crippen molar-refractivity contribution in [3.63, 3.8) is 0 Å². The molecule has 0 amide bonds. The van der Waals surface area contributed by atoms with Crippen molar-refractivity contribution < 1.29 is 4.74 Å². The van der Waals surface area contributed by atoms with Crippen molar-refractivity contribution in [2.24, 2.45) is 0 Å². The Bertz CT molecular complexity index is 502. The van der Waals surface area contributed by atoms with Gasteiger partial charge in [0.15, 0.2) is 5.15 Å². The van der Waals surface area contributed by atoms with Gasteiger partial charge in [-0.05, 0) is 18.6 Å². The Morgan fingerprint density at radius 2 is 2.06 bits per heavy atom. The van der Waals surface area contributed by atoms with Gasteiger partial charge in [-0.1, -0.05) is 30.7 Å². The highest BCUT2D eigenvalue weighted by atomic mass is 35.5. The van der Waals surface area contributed by atoms with E-state index in [1.54, 1.807) is 12.4 Å². The molecule has 0 radical (unpaired) electrons. The maximum Gasteiger partial charge on any atom is 0.155 e. The molecule has 0 aliphatic carbocycles. The molecule has 17 heavy (non-hydrogen) atoms. The fourth-order valence-corrected chi connectivity index (χ4v) is 1.68. The molecule has 1 aromatic heterocycles. The molecule has 0 aliphatic heterocycles. The predicted molar refractivity (Wildman–Crippen MR) is 68.3 cm³/mol. The average molecular weight is 249 g/mol. The molecule has 0 saturated carbocycles. The number of ether oxygens (including phenoxy) is 1. The summed E-state index contributed by atoms with van der Waals surface area (Å²) >= 11 is 6.00. The van der Waals surface area contributed by atoms with Crippen LogP contribution >= 0.6 is 11.6 Å². The van der Waals surface area contributed by atoms with Crippen LogP contribution in [0.1, 0.15) is 13.3 Å². The molecule has 2 rings (SSSR count). The van der Waals surface area contributed by atoms with Crippen LogP contribution in [-0.2, 0) is 0 Å². The monoisotopic (exact) mass is 248 g/mol. The summed E-state index contributed by atoms with van der Waals surface area (Å²) in [5.41, 5.74) is 1.59. The van der Waals surface area contributed by atoms with Crippen molar-refractivity contribution in [3.8, 4) is 17.0 Å². The van der Waals surface area contributed by atoms with Crippen molar-refractivity contribution in [2.45, 2.75) is 13.3 Å². The Balaban J connectivity index is 2.30. The van der Waals surface area contributed by atoms with E-state index in [0.717, 1.165) is 17.7 Å². The van der Waals surface area contributed by atoms with E-state index in [0.29, 0.717) is 17.5 Å². The molecule has 1 aromatic carbocycles. The van der Waals surface area contributed by atoms with Gasteiger partial charge in [0, 0.05) is 18.0 Å². The zero-order valence-electron chi connectivity index (χ0n) is 9.56. The van der Waals surface area contributed by atoms with E-state index in [-0.39, 0.29) is 0 Å². The number of hydrogen-bond donors (Lipinski definition) is 0. The second kappa shape index (κ2) is 5.64. The Labute approximate surface area is 105 Å². The van der Waals surface area contributed by atoms with E-state index in [4.69, 9.17) is 16.3 Å². The molecule has 3 nitrogen and oxygen atoms in total. The topological polar surface area (TPSA) is 35.0 Å². The SMILES string of the molecule is CCCOc1cccc(-c2nccnc2Cl)c1. The van der Waals surface area contributed by atoms with E-state index in [9.17, 15) is 0 Å². The van der Waals surface area contributed by atoms with Crippen LogP contribution in [0.2, 0.25) is 5.15 Å². The van der Waals surface area contributed by atoms with Gasteiger partial charge in [0.25, 0.3) is 0 Å². The fraction of sp³-hybridized carbons (Fsp3) is 0.231. The summed E-state index contributed by atoms with van der Waals surface area (Å²) in [6.45, 7) is 2.78. The number of aromatic nitrogens is 2. The molecule has 2 aromatic rings. The highest BCUT2D eigenvalue weighted by molar-refractivity contribution is 6.31. The quantitative estimate of drug-likeness (QED) is 0.830. The standard InChI is InChI=1S/C13H13ClN2O/c1-2-8-17-11-5-3-4-10(9-11)12-13(14)16-7-6-15-12/h3-7,9H,2,8H2,1H3. The van der Waals surface area contributed by atoms with Crippen molar-refractivity contribution in [3.05, 3.63) is 41.8 Å². The van der Waals surface area contributed by atoms with E-state index in [1.165, 1.54) is 0 Å². The maximum atomic E-state index is 6.00. The third kappa shape index (κ3) is 2.94. The third-order valence-electron chi connectivity index (χ3n) is 2.23. The Kier molecular flexibility index (Phi) is 3.94. The molecule has 0 bridgehead atoms. The average Bonchev–Trinajstić information content (AvgIpc) is 2.37. The molecule has 0 atom stereocenters. The molecule has 0 saturated heterocycles. The summed E-state index contributed by atoms with van der Waals surface area (Å²) in [4.78, 5) is 8.23. The molecule has 0 spiro atoms. The van der Waals surface area contributed by atoms with Crippen LogP contribution in [0.4, 0.5) is 0 Å². The Morgan fingerprint density at radius 1 is 1.24 bits per heavy atom. The molecule has 1 heterocycles. The lowest BCUT2D eigenvalue weighted by Gasteiger charge is -2.07. The minimum absolute atomic E-state index is 0.403. The van der Waals surface area contributed by atoms with Gasteiger partial charge in [-0.15, -0.1) is 0 Å². The zero-order chi connectivity index (χ0) is 12.1. The van der Waals surface area contributed by atoms with Crippen LogP contribution in [0.5, 0.6) is 5.75 Å². The van der Waals surface area contributed by atoms with Gasteiger partial charge in [-0.2, -0.15) is 0 Å². The predicted octanol–water partition coefficient (Wildman–Crippen LogP) is 3.59. The summed E-state index contributed by atoms with van der Waals surface area (Å²) in [5, 5.41) is 0.403. The van der Waals surface area contributed by atoms with Crippen molar-refractivity contribution in [1.29, 1.82) is 0 Å². The van der Waals surface area contributed by atoms with Crippen LogP contribution < -0.4 is 4.74 Å². The summed E-state index contributed by atoms with van der Waals surface area (Å²) in [7, 11) is 0. The van der Waals surface area contributed by atoms with E-state index in [2.05, 4.69) is 16.9 Å². The van der Waals surface area contributed by atoms with Gasteiger partial charge in [-0.25, -0.2) is 4.98 Å². The third-order valence-corrected chi connectivity index (χ3v) is 2.51. The summed E-state index contributed by atoms with van der Waals surface area (Å²) < 4.78 is 5.57. The zero-order valence-corrected chi connectivity index (χ0v) is 10.3.